The second-order valence-electron chi connectivity index (χ2n) is 3.77. The van der Waals surface area contributed by atoms with Gasteiger partial charge in [-0.3, -0.25) is 9.69 Å². The van der Waals surface area contributed by atoms with E-state index >= 15 is 0 Å². The lowest BCUT2D eigenvalue weighted by Crippen LogP contribution is -2.50. The van der Waals surface area contributed by atoms with Gasteiger partial charge in [-0.2, -0.15) is 0 Å². The molecule has 15 heavy (non-hydrogen) atoms. The zero-order valence-electron chi connectivity index (χ0n) is 9.45. The molecule has 0 radical (unpaired) electrons. The SMILES string of the molecule is COCCCN1CCN(C(=O)CN)CC1. The summed E-state index contributed by atoms with van der Waals surface area (Å²) in [4.78, 5) is 15.5. The molecule has 5 nitrogen and oxygen atoms in total. The third-order valence-corrected chi connectivity index (χ3v) is 2.72. The predicted molar refractivity (Wildman–Crippen MR) is 58.6 cm³/mol. The highest BCUT2D eigenvalue weighted by atomic mass is 16.5. The van der Waals surface area contributed by atoms with E-state index in [2.05, 4.69) is 4.90 Å². The molecule has 1 rings (SSSR count). The molecule has 1 heterocycles. The molecule has 0 unspecified atom stereocenters. The Labute approximate surface area is 91.2 Å². The zero-order valence-corrected chi connectivity index (χ0v) is 9.45. The van der Waals surface area contributed by atoms with E-state index in [0.29, 0.717) is 0 Å². The number of ether oxygens (including phenoxy) is 1. The van der Waals surface area contributed by atoms with Gasteiger partial charge < -0.3 is 15.4 Å². The minimum Gasteiger partial charge on any atom is -0.385 e. The van der Waals surface area contributed by atoms with Crippen LogP contribution in [0.15, 0.2) is 0 Å². The van der Waals surface area contributed by atoms with E-state index in [1.165, 1.54) is 0 Å². The van der Waals surface area contributed by atoms with Crippen LogP contribution in [0.4, 0.5) is 0 Å². The molecule has 2 N–H and O–H groups in total. The highest BCUT2D eigenvalue weighted by molar-refractivity contribution is 5.78. The Bertz CT molecular complexity index is 191. The fourth-order valence-electron chi connectivity index (χ4n) is 1.78. The summed E-state index contributed by atoms with van der Waals surface area (Å²) in [7, 11) is 1.72. The van der Waals surface area contributed by atoms with E-state index in [4.69, 9.17) is 10.5 Å². The van der Waals surface area contributed by atoms with Crippen molar-refractivity contribution in [2.24, 2.45) is 5.73 Å². The summed E-state index contributed by atoms with van der Waals surface area (Å²) in [6.07, 6.45) is 1.06. The summed E-state index contributed by atoms with van der Waals surface area (Å²) >= 11 is 0. The van der Waals surface area contributed by atoms with Gasteiger partial charge >= 0.3 is 0 Å². The Morgan fingerprint density at radius 3 is 2.53 bits per heavy atom. The Kier molecular flexibility index (Phi) is 5.60. The summed E-state index contributed by atoms with van der Waals surface area (Å²) in [6, 6.07) is 0. The van der Waals surface area contributed by atoms with Gasteiger partial charge in [-0.25, -0.2) is 0 Å². The second kappa shape index (κ2) is 6.76. The fourth-order valence-corrected chi connectivity index (χ4v) is 1.78. The molecule has 1 amide bonds. The highest BCUT2D eigenvalue weighted by Crippen LogP contribution is 2.02. The maximum absolute atomic E-state index is 11.3. The van der Waals surface area contributed by atoms with Crippen LogP contribution in [0.25, 0.3) is 0 Å². The van der Waals surface area contributed by atoms with Crippen LogP contribution < -0.4 is 5.73 Å². The number of nitrogens with zero attached hydrogens (tertiary/aromatic N) is 2. The number of amides is 1. The summed E-state index contributed by atoms with van der Waals surface area (Å²) in [5, 5.41) is 0. The first-order chi connectivity index (χ1) is 7.27. The van der Waals surface area contributed by atoms with Crippen LogP contribution in [0, 0.1) is 0 Å². The number of piperazine rings is 1. The molecule has 5 heteroatoms. The van der Waals surface area contributed by atoms with Crippen LogP contribution in [0.2, 0.25) is 0 Å². The fraction of sp³-hybridized carbons (Fsp3) is 0.900. The Hall–Kier alpha value is -0.650. The molecule has 1 aliphatic rings. The average Bonchev–Trinajstić information content (AvgIpc) is 2.29. The van der Waals surface area contributed by atoms with E-state index in [1.54, 1.807) is 7.11 Å². The van der Waals surface area contributed by atoms with Crippen molar-refractivity contribution in [3.05, 3.63) is 0 Å². The first kappa shape index (κ1) is 12.4. The number of methoxy groups -OCH3 is 1. The van der Waals surface area contributed by atoms with E-state index in [9.17, 15) is 4.79 Å². The first-order valence-corrected chi connectivity index (χ1v) is 5.47. The van der Waals surface area contributed by atoms with Gasteiger partial charge in [0.05, 0.1) is 6.54 Å². The van der Waals surface area contributed by atoms with Crippen molar-refractivity contribution in [2.75, 3.05) is 53.0 Å². The summed E-state index contributed by atoms with van der Waals surface area (Å²) in [6.45, 7) is 5.51. The Morgan fingerprint density at radius 2 is 2.00 bits per heavy atom. The molecule has 1 fully saturated rings. The van der Waals surface area contributed by atoms with Gasteiger partial charge in [0, 0.05) is 46.4 Å². The molecule has 1 aliphatic heterocycles. The Balaban J connectivity index is 2.15. The molecule has 0 bridgehead atoms. The number of hydrogen-bond acceptors (Lipinski definition) is 4. The Morgan fingerprint density at radius 1 is 1.33 bits per heavy atom. The smallest absolute Gasteiger partial charge is 0.236 e. The van der Waals surface area contributed by atoms with Crippen LogP contribution in [-0.2, 0) is 9.53 Å². The summed E-state index contributed by atoms with van der Waals surface area (Å²) < 4.78 is 5.00. The highest BCUT2D eigenvalue weighted by Gasteiger charge is 2.19. The molecule has 0 aromatic heterocycles. The van der Waals surface area contributed by atoms with Gasteiger partial charge in [-0.15, -0.1) is 0 Å². The summed E-state index contributed by atoms with van der Waals surface area (Å²) in [5.41, 5.74) is 5.31. The van der Waals surface area contributed by atoms with Crippen LogP contribution in [0.3, 0.4) is 0 Å². The monoisotopic (exact) mass is 215 g/mol. The van der Waals surface area contributed by atoms with Gasteiger partial charge in [0.2, 0.25) is 5.91 Å². The molecule has 1 saturated heterocycles. The number of carbonyl (C=O) groups excluding carboxylic acids is 1. The minimum absolute atomic E-state index is 0.0616. The zero-order chi connectivity index (χ0) is 11.1. The first-order valence-electron chi connectivity index (χ1n) is 5.47. The molecule has 0 spiro atoms. The molecule has 88 valence electrons. The molecular weight excluding hydrogens is 194 g/mol. The predicted octanol–water partition coefficient (Wildman–Crippen LogP) is -0.874. The molecule has 0 aliphatic carbocycles. The maximum Gasteiger partial charge on any atom is 0.236 e. The van der Waals surface area contributed by atoms with E-state index in [0.717, 1.165) is 45.8 Å². The molecule has 0 saturated carbocycles. The number of nitrogens with two attached hydrogens (primary N) is 1. The maximum atomic E-state index is 11.3. The van der Waals surface area contributed by atoms with Gasteiger partial charge in [0.25, 0.3) is 0 Å². The lowest BCUT2D eigenvalue weighted by Gasteiger charge is -2.34. The quantitative estimate of drug-likeness (QED) is 0.605. The number of rotatable bonds is 5. The second-order valence-corrected chi connectivity index (χ2v) is 3.77. The third kappa shape index (κ3) is 4.15. The third-order valence-electron chi connectivity index (χ3n) is 2.72. The number of hydrogen-bond donors (Lipinski definition) is 1. The molecular formula is C10H21N3O2. The van der Waals surface area contributed by atoms with Crippen molar-refractivity contribution in [3.63, 3.8) is 0 Å². The van der Waals surface area contributed by atoms with Gasteiger partial charge in [-0.1, -0.05) is 0 Å². The van der Waals surface area contributed by atoms with E-state index < -0.39 is 0 Å². The van der Waals surface area contributed by atoms with Crippen molar-refractivity contribution in [1.82, 2.24) is 9.80 Å². The van der Waals surface area contributed by atoms with Crippen molar-refractivity contribution >= 4 is 5.91 Å². The number of carbonyl (C=O) groups is 1. The van der Waals surface area contributed by atoms with Crippen molar-refractivity contribution in [3.8, 4) is 0 Å². The van der Waals surface area contributed by atoms with Crippen molar-refractivity contribution in [2.45, 2.75) is 6.42 Å². The largest absolute Gasteiger partial charge is 0.385 e. The molecule has 0 aromatic rings. The van der Waals surface area contributed by atoms with Gasteiger partial charge in [-0.05, 0) is 6.42 Å². The topological polar surface area (TPSA) is 58.8 Å². The summed E-state index contributed by atoms with van der Waals surface area (Å²) in [5.74, 6) is 0.0616. The van der Waals surface area contributed by atoms with Crippen LogP contribution in [0.5, 0.6) is 0 Å². The van der Waals surface area contributed by atoms with E-state index in [1.807, 2.05) is 4.90 Å². The van der Waals surface area contributed by atoms with Gasteiger partial charge in [0.15, 0.2) is 0 Å². The standard InChI is InChI=1S/C10H21N3O2/c1-15-8-2-3-12-4-6-13(7-5-12)10(14)9-11/h2-9,11H2,1H3. The molecule has 0 aromatic carbocycles. The lowest BCUT2D eigenvalue weighted by molar-refractivity contribution is -0.131. The lowest BCUT2D eigenvalue weighted by atomic mass is 10.3. The van der Waals surface area contributed by atoms with Crippen LogP contribution >= 0.6 is 0 Å². The molecule has 0 atom stereocenters. The average molecular weight is 215 g/mol. The van der Waals surface area contributed by atoms with Crippen LogP contribution in [0.1, 0.15) is 6.42 Å². The van der Waals surface area contributed by atoms with Crippen molar-refractivity contribution < 1.29 is 9.53 Å². The van der Waals surface area contributed by atoms with Crippen LogP contribution in [-0.4, -0.2) is 68.7 Å². The van der Waals surface area contributed by atoms with E-state index in [-0.39, 0.29) is 12.5 Å². The van der Waals surface area contributed by atoms with Crippen molar-refractivity contribution in [1.29, 1.82) is 0 Å². The minimum atomic E-state index is 0.0616. The normalized spacial score (nSPS) is 18.1. The van der Waals surface area contributed by atoms with Gasteiger partial charge in [0.1, 0.15) is 0 Å².